The first kappa shape index (κ1) is 15.3. The summed E-state index contributed by atoms with van der Waals surface area (Å²) in [6, 6.07) is 0. The maximum Gasteiger partial charge on any atom is 0.199 e. The Hall–Kier alpha value is -1.59. The molecular weight excluding hydrogens is 301 g/mol. The molecule has 0 saturated carbocycles. The van der Waals surface area contributed by atoms with Crippen LogP contribution in [0.15, 0.2) is 0 Å². The zero-order valence-corrected chi connectivity index (χ0v) is 12.0. The van der Waals surface area contributed by atoms with Crippen molar-refractivity contribution in [2.75, 3.05) is 6.67 Å². The SMILES string of the molecule is FCCCCn1c2c(c3c(F)c(F)c(F)c(F)c31)CCCC2. The highest BCUT2D eigenvalue weighted by Gasteiger charge is 2.29. The van der Waals surface area contributed by atoms with Crippen LogP contribution in [0.4, 0.5) is 22.0 Å². The number of fused-ring (bicyclic) bond motifs is 3. The number of unbranched alkanes of at least 4 members (excludes halogenated alkanes) is 1. The summed E-state index contributed by atoms with van der Waals surface area (Å²) in [4.78, 5) is 0. The quantitative estimate of drug-likeness (QED) is 0.329. The summed E-state index contributed by atoms with van der Waals surface area (Å²) < 4.78 is 69.3. The minimum Gasteiger partial charge on any atom is -0.342 e. The van der Waals surface area contributed by atoms with E-state index in [9.17, 15) is 22.0 Å². The second-order valence-electron chi connectivity index (χ2n) is 5.66. The Kier molecular flexibility index (Phi) is 4.10. The van der Waals surface area contributed by atoms with Crippen LogP contribution in [0, 0.1) is 23.3 Å². The highest BCUT2D eigenvalue weighted by molar-refractivity contribution is 5.87. The second kappa shape index (κ2) is 5.89. The Morgan fingerprint density at radius 2 is 1.50 bits per heavy atom. The number of aryl methyl sites for hydroxylation is 2. The van der Waals surface area contributed by atoms with Crippen LogP contribution in [0.5, 0.6) is 0 Å². The van der Waals surface area contributed by atoms with Crippen LogP contribution in [0.2, 0.25) is 0 Å². The number of alkyl halides is 1. The first-order valence-electron chi connectivity index (χ1n) is 7.49. The van der Waals surface area contributed by atoms with Crippen LogP contribution in [0.1, 0.15) is 36.9 Å². The summed E-state index contributed by atoms with van der Waals surface area (Å²) in [7, 11) is 0. The molecule has 0 N–H and O–H groups in total. The van der Waals surface area contributed by atoms with Gasteiger partial charge in [0.25, 0.3) is 0 Å². The van der Waals surface area contributed by atoms with E-state index in [0.29, 0.717) is 31.2 Å². The molecule has 22 heavy (non-hydrogen) atoms. The summed E-state index contributed by atoms with van der Waals surface area (Å²) in [5.41, 5.74) is 1.07. The molecule has 1 aromatic carbocycles. The van der Waals surface area contributed by atoms with E-state index in [4.69, 9.17) is 0 Å². The molecule has 1 aromatic heterocycles. The predicted octanol–water partition coefficient (Wildman–Crippen LogP) is 4.83. The van der Waals surface area contributed by atoms with Crippen LogP contribution in [0.3, 0.4) is 0 Å². The van der Waals surface area contributed by atoms with Crippen LogP contribution in [-0.2, 0) is 19.4 Å². The van der Waals surface area contributed by atoms with Crippen LogP contribution >= 0.6 is 0 Å². The number of hydrogen-bond acceptors (Lipinski definition) is 0. The zero-order chi connectivity index (χ0) is 15.9. The minimum atomic E-state index is -1.79. The van der Waals surface area contributed by atoms with Crippen molar-refractivity contribution in [3.05, 3.63) is 34.5 Å². The first-order valence-corrected chi connectivity index (χ1v) is 7.49. The van der Waals surface area contributed by atoms with E-state index >= 15 is 0 Å². The highest BCUT2D eigenvalue weighted by Crippen LogP contribution is 2.37. The number of hydrogen-bond donors (Lipinski definition) is 0. The molecule has 0 saturated heterocycles. The van der Waals surface area contributed by atoms with Crippen molar-refractivity contribution >= 4 is 10.9 Å². The largest absolute Gasteiger partial charge is 0.342 e. The van der Waals surface area contributed by atoms with Crippen molar-refractivity contribution < 1.29 is 22.0 Å². The van der Waals surface area contributed by atoms with E-state index in [1.54, 1.807) is 0 Å². The van der Waals surface area contributed by atoms with Crippen molar-refractivity contribution in [1.29, 1.82) is 0 Å². The van der Waals surface area contributed by atoms with E-state index in [1.807, 2.05) is 0 Å². The standard InChI is InChI=1S/C16H16F5N/c17-7-3-4-8-22-10-6-2-1-5-9(10)11-12(18)13(19)14(20)15(21)16(11)22/h1-8H2. The Balaban J connectivity index is 2.28. The van der Waals surface area contributed by atoms with Crippen LogP contribution < -0.4 is 0 Å². The normalized spacial score (nSPS) is 14.6. The van der Waals surface area contributed by atoms with Crippen LogP contribution in [-0.4, -0.2) is 11.2 Å². The van der Waals surface area contributed by atoms with Gasteiger partial charge in [-0.25, -0.2) is 17.6 Å². The zero-order valence-electron chi connectivity index (χ0n) is 12.0. The molecule has 1 nitrogen and oxygen atoms in total. The molecule has 0 radical (unpaired) electrons. The number of rotatable bonds is 4. The third kappa shape index (κ3) is 2.20. The fourth-order valence-corrected chi connectivity index (χ4v) is 3.35. The van der Waals surface area contributed by atoms with Gasteiger partial charge >= 0.3 is 0 Å². The van der Waals surface area contributed by atoms with E-state index < -0.39 is 29.9 Å². The molecule has 0 atom stereocenters. The summed E-state index contributed by atoms with van der Waals surface area (Å²) >= 11 is 0. The average molecular weight is 317 g/mol. The van der Waals surface area contributed by atoms with Gasteiger partial charge in [0.1, 0.15) is 0 Å². The molecule has 0 spiro atoms. The summed E-state index contributed by atoms with van der Waals surface area (Å²) in [6.45, 7) is -0.224. The third-order valence-corrected chi connectivity index (χ3v) is 4.34. The minimum absolute atomic E-state index is 0.147. The van der Waals surface area contributed by atoms with Gasteiger partial charge in [0.15, 0.2) is 23.3 Å². The number of aromatic nitrogens is 1. The summed E-state index contributed by atoms with van der Waals surface area (Å²) in [5.74, 6) is -6.23. The maximum absolute atomic E-state index is 14.2. The molecule has 2 aromatic rings. The molecular formula is C16H16F5N. The Bertz CT molecular complexity index is 720. The lowest BCUT2D eigenvalue weighted by molar-refractivity contribution is 0.414. The fraction of sp³-hybridized carbons (Fsp3) is 0.500. The van der Waals surface area contributed by atoms with E-state index in [-0.39, 0.29) is 17.4 Å². The van der Waals surface area contributed by atoms with Gasteiger partial charge in [-0.05, 0) is 44.1 Å². The Morgan fingerprint density at radius 3 is 2.23 bits per heavy atom. The molecule has 0 aliphatic heterocycles. The molecule has 6 heteroatoms. The van der Waals surface area contributed by atoms with Gasteiger partial charge in [-0.15, -0.1) is 0 Å². The molecule has 1 aliphatic carbocycles. The monoisotopic (exact) mass is 317 g/mol. The second-order valence-corrected chi connectivity index (χ2v) is 5.66. The molecule has 0 unspecified atom stereocenters. The van der Waals surface area contributed by atoms with Gasteiger partial charge in [0.2, 0.25) is 0 Å². The van der Waals surface area contributed by atoms with Crippen LogP contribution in [0.25, 0.3) is 10.9 Å². The van der Waals surface area contributed by atoms with Crippen molar-refractivity contribution in [3.63, 3.8) is 0 Å². The number of nitrogens with zero attached hydrogens (tertiary/aromatic N) is 1. The van der Waals surface area contributed by atoms with Gasteiger partial charge in [0, 0.05) is 17.6 Å². The van der Waals surface area contributed by atoms with Gasteiger partial charge < -0.3 is 4.57 Å². The van der Waals surface area contributed by atoms with Gasteiger partial charge in [0.05, 0.1) is 12.2 Å². The molecule has 1 heterocycles. The number of halogens is 5. The van der Waals surface area contributed by atoms with E-state index in [0.717, 1.165) is 18.5 Å². The molecule has 0 bridgehead atoms. The van der Waals surface area contributed by atoms with Crippen molar-refractivity contribution in [1.82, 2.24) is 4.57 Å². The van der Waals surface area contributed by atoms with Crippen molar-refractivity contribution in [3.8, 4) is 0 Å². The highest BCUT2D eigenvalue weighted by atomic mass is 19.2. The van der Waals surface area contributed by atoms with Gasteiger partial charge in [-0.1, -0.05) is 0 Å². The van der Waals surface area contributed by atoms with Gasteiger partial charge in [-0.3, -0.25) is 4.39 Å². The van der Waals surface area contributed by atoms with E-state index in [2.05, 4.69) is 0 Å². The lowest BCUT2D eigenvalue weighted by atomic mass is 9.95. The molecule has 120 valence electrons. The Labute approximate surface area is 124 Å². The maximum atomic E-state index is 14.2. The van der Waals surface area contributed by atoms with Crippen molar-refractivity contribution in [2.24, 2.45) is 0 Å². The predicted molar refractivity (Wildman–Crippen MR) is 73.6 cm³/mol. The average Bonchev–Trinajstić information content (AvgIpc) is 2.86. The summed E-state index contributed by atoms with van der Waals surface area (Å²) in [6.07, 6.45) is 3.53. The summed E-state index contributed by atoms with van der Waals surface area (Å²) in [5, 5.41) is -0.147. The molecule has 3 rings (SSSR count). The Morgan fingerprint density at radius 1 is 0.818 bits per heavy atom. The van der Waals surface area contributed by atoms with Gasteiger partial charge in [-0.2, -0.15) is 0 Å². The molecule has 0 fully saturated rings. The third-order valence-electron chi connectivity index (χ3n) is 4.34. The van der Waals surface area contributed by atoms with Crippen molar-refractivity contribution in [2.45, 2.75) is 45.1 Å². The topological polar surface area (TPSA) is 4.93 Å². The fourth-order valence-electron chi connectivity index (χ4n) is 3.35. The lowest BCUT2D eigenvalue weighted by Crippen LogP contribution is -2.09. The lowest BCUT2D eigenvalue weighted by Gasteiger charge is -2.15. The first-order chi connectivity index (χ1) is 10.6. The van der Waals surface area contributed by atoms with E-state index in [1.165, 1.54) is 4.57 Å². The number of benzene rings is 1. The molecule has 0 amide bonds. The molecule has 1 aliphatic rings. The smallest absolute Gasteiger partial charge is 0.199 e.